The normalized spacial score (nSPS) is 14.8. The van der Waals surface area contributed by atoms with E-state index in [1.165, 1.54) is 29.2 Å². The lowest BCUT2D eigenvalue weighted by Crippen LogP contribution is -2.40. The third kappa shape index (κ3) is 6.06. The van der Waals surface area contributed by atoms with Crippen molar-refractivity contribution in [2.75, 3.05) is 13.1 Å². The Hall–Kier alpha value is -3.48. The maximum atomic E-state index is 13.0. The summed E-state index contributed by atoms with van der Waals surface area (Å²) in [6, 6.07) is 9.88. The lowest BCUT2D eigenvalue weighted by Gasteiger charge is -2.31. The van der Waals surface area contributed by atoms with Gasteiger partial charge in [-0.25, -0.2) is 0 Å². The standard InChI is InChI=1S/C23H19F5N2O3/c24-22(25)33-18-5-1-14(2-6-18)11-20(31)15-7-9-30(10-8-15)21(32)19-12-17(23(26,27)28)4-3-16(19)13-29/h1-6,12,15,22H,7-11H2. The van der Waals surface area contributed by atoms with Crippen molar-refractivity contribution in [2.24, 2.45) is 5.92 Å². The third-order valence-corrected chi connectivity index (χ3v) is 5.46. The molecule has 174 valence electrons. The SMILES string of the molecule is N#Cc1ccc(C(F)(F)F)cc1C(=O)N1CCC(C(=O)Cc2ccc(OC(F)F)cc2)CC1. The molecule has 0 aromatic heterocycles. The van der Waals surface area contributed by atoms with Crippen LogP contribution < -0.4 is 4.74 Å². The highest BCUT2D eigenvalue weighted by Crippen LogP contribution is 2.31. The highest BCUT2D eigenvalue weighted by molar-refractivity contribution is 5.97. The fourth-order valence-corrected chi connectivity index (χ4v) is 3.70. The van der Waals surface area contributed by atoms with Crippen LogP contribution in [0.1, 0.15) is 39.9 Å². The monoisotopic (exact) mass is 466 g/mol. The van der Waals surface area contributed by atoms with Crippen molar-refractivity contribution < 1.29 is 36.3 Å². The van der Waals surface area contributed by atoms with Crippen LogP contribution in [-0.4, -0.2) is 36.3 Å². The number of amides is 1. The number of halogens is 5. The van der Waals surface area contributed by atoms with Crippen LogP contribution in [0, 0.1) is 17.2 Å². The summed E-state index contributed by atoms with van der Waals surface area (Å²) in [6.45, 7) is -2.61. The highest BCUT2D eigenvalue weighted by Gasteiger charge is 2.33. The molecule has 0 spiro atoms. The van der Waals surface area contributed by atoms with Crippen LogP contribution >= 0.6 is 0 Å². The summed E-state index contributed by atoms with van der Waals surface area (Å²) in [4.78, 5) is 26.7. The lowest BCUT2D eigenvalue weighted by atomic mass is 9.89. The number of piperidine rings is 1. The number of hydrogen-bond donors (Lipinski definition) is 0. The van der Waals surface area contributed by atoms with E-state index in [-0.39, 0.29) is 48.1 Å². The number of carbonyl (C=O) groups excluding carboxylic acids is 2. The number of Topliss-reactive ketones (excluding diaryl/α,β-unsaturated/α-hetero) is 1. The van der Waals surface area contributed by atoms with Crippen molar-refractivity contribution in [3.05, 3.63) is 64.7 Å². The number of nitriles is 1. The topological polar surface area (TPSA) is 70.4 Å². The Morgan fingerprint density at radius 3 is 2.27 bits per heavy atom. The van der Waals surface area contributed by atoms with E-state index in [4.69, 9.17) is 0 Å². The summed E-state index contributed by atoms with van der Waals surface area (Å²) >= 11 is 0. The minimum absolute atomic E-state index is 0.0145. The van der Waals surface area contributed by atoms with Crippen LogP contribution in [0.4, 0.5) is 22.0 Å². The Morgan fingerprint density at radius 2 is 1.73 bits per heavy atom. The Labute approximate surface area is 186 Å². The molecule has 0 atom stereocenters. The fraction of sp³-hybridized carbons (Fsp3) is 0.348. The van der Waals surface area contributed by atoms with Crippen molar-refractivity contribution in [2.45, 2.75) is 32.1 Å². The summed E-state index contributed by atoms with van der Waals surface area (Å²) in [7, 11) is 0. The van der Waals surface area contributed by atoms with Crippen molar-refractivity contribution >= 4 is 11.7 Å². The molecule has 33 heavy (non-hydrogen) atoms. The quantitative estimate of drug-likeness (QED) is 0.571. The first-order valence-electron chi connectivity index (χ1n) is 10.1. The van der Waals surface area contributed by atoms with E-state index >= 15 is 0 Å². The van der Waals surface area contributed by atoms with Crippen LogP contribution in [0.3, 0.4) is 0 Å². The number of ketones is 1. The largest absolute Gasteiger partial charge is 0.435 e. The van der Waals surface area contributed by atoms with Gasteiger partial charge in [0.2, 0.25) is 0 Å². The van der Waals surface area contributed by atoms with Gasteiger partial charge in [-0.1, -0.05) is 12.1 Å². The molecule has 1 aliphatic rings. The highest BCUT2D eigenvalue weighted by atomic mass is 19.4. The molecule has 5 nitrogen and oxygen atoms in total. The zero-order chi connectivity index (χ0) is 24.2. The first kappa shape index (κ1) is 24.2. The number of likely N-dealkylation sites (tertiary alicyclic amines) is 1. The maximum Gasteiger partial charge on any atom is 0.416 e. The maximum absolute atomic E-state index is 13.0. The summed E-state index contributed by atoms with van der Waals surface area (Å²) in [5, 5.41) is 9.18. The van der Waals surface area contributed by atoms with Crippen molar-refractivity contribution in [3.63, 3.8) is 0 Å². The van der Waals surface area contributed by atoms with Crippen LogP contribution in [0.5, 0.6) is 5.75 Å². The molecule has 1 amide bonds. The summed E-state index contributed by atoms with van der Waals surface area (Å²) in [6.07, 6.45) is -3.90. The zero-order valence-electron chi connectivity index (χ0n) is 17.2. The van der Waals surface area contributed by atoms with Gasteiger partial charge in [-0.3, -0.25) is 9.59 Å². The molecule has 10 heteroatoms. The molecule has 2 aromatic carbocycles. The average molecular weight is 466 g/mol. The van der Waals surface area contributed by atoms with E-state index < -0.39 is 24.3 Å². The third-order valence-electron chi connectivity index (χ3n) is 5.46. The van der Waals surface area contributed by atoms with Crippen LogP contribution in [0.25, 0.3) is 0 Å². The summed E-state index contributed by atoms with van der Waals surface area (Å²) in [5.74, 6) is -1.12. The molecule has 1 aliphatic heterocycles. The van der Waals surface area contributed by atoms with Crippen molar-refractivity contribution in [1.82, 2.24) is 4.90 Å². The first-order valence-corrected chi connectivity index (χ1v) is 10.1. The minimum Gasteiger partial charge on any atom is -0.435 e. The van der Waals surface area contributed by atoms with Crippen LogP contribution in [0.15, 0.2) is 42.5 Å². The van der Waals surface area contributed by atoms with Crippen LogP contribution in [0.2, 0.25) is 0 Å². The Balaban J connectivity index is 1.61. The fourth-order valence-electron chi connectivity index (χ4n) is 3.70. The van der Waals surface area contributed by atoms with Crippen molar-refractivity contribution in [3.8, 4) is 11.8 Å². The molecule has 0 radical (unpaired) electrons. The van der Waals surface area contributed by atoms with Gasteiger partial charge in [-0.15, -0.1) is 0 Å². The number of nitrogens with zero attached hydrogens (tertiary/aromatic N) is 2. The van der Waals surface area contributed by atoms with Gasteiger partial charge >= 0.3 is 12.8 Å². The second-order valence-electron chi connectivity index (χ2n) is 7.60. The predicted molar refractivity (Wildman–Crippen MR) is 107 cm³/mol. The van der Waals surface area contributed by atoms with Gasteiger partial charge in [0.15, 0.2) is 0 Å². The van der Waals surface area contributed by atoms with Gasteiger partial charge in [0.25, 0.3) is 5.91 Å². The van der Waals surface area contributed by atoms with Gasteiger partial charge < -0.3 is 9.64 Å². The van der Waals surface area contributed by atoms with Gasteiger partial charge in [0.05, 0.1) is 22.8 Å². The van der Waals surface area contributed by atoms with Gasteiger partial charge in [0, 0.05) is 25.4 Å². The zero-order valence-corrected chi connectivity index (χ0v) is 17.2. The Bertz CT molecular complexity index is 1050. The second-order valence-corrected chi connectivity index (χ2v) is 7.60. The number of rotatable bonds is 6. The molecule has 0 bridgehead atoms. The molecule has 0 aliphatic carbocycles. The molecular formula is C23H19F5N2O3. The molecular weight excluding hydrogens is 447 g/mol. The van der Waals surface area contributed by atoms with E-state index in [0.717, 1.165) is 12.1 Å². The smallest absolute Gasteiger partial charge is 0.416 e. The van der Waals surface area contributed by atoms with Gasteiger partial charge in [-0.2, -0.15) is 27.2 Å². The second kappa shape index (κ2) is 9.98. The molecule has 0 unspecified atom stereocenters. The van der Waals surface area contributed by atoms with Gasteiger partial charge in [-0.05, 0) is 48.7 Å². The van der Waals surface area contributed by atoms with E-state index in [9.17, 15) is 36.8 Å². The molecule has 1 heterocycles. The number of hydrogen-bond acceptors (Lipinski definition) is 4. The Kier molecular flexibility index (Phi) is 7.31. The van der Waals surface area contributed by atoms with Crippen molar-refractivity contribution in [1.29, 1.82) is 5.26 Å². The number of ether oxygens (including phenoxy) is 1. The summed E-state index contributed by atoms with van der Waals surface area (Å²) < 4.78 is 67.8. The number of carbonyl (C=O) groups is 2. The molecule has 2 aromatic rings. The number of benzene rings is 2. The molecule has 1 saturated heterocycles. The van der Waals surface area contributed by atoms with Gasteiger partial charge in [0.1, 0.15) is 11.5 Å². The molecule has 3 rings (SSSR count). The lowest BCUT2D eigenvalue weighted by molar-refractivity contribution is -0.137. The molecule has 0 N–H and O–H groups in total. The first-order chi connectivity index (χ1) is 15.6. The van der Waals surface area contributed by atoms with Crippen LogP contribution in [-0.2, 0) is 17.4 Å². The van der Waals surface area contributed by atoms with E-state index in [1.807, 2.05) is 0 Å². The Morgan fingerprint density at radius 1 is 1.09 bits per heavy atom. The molecule has 1 fully saturated rings. The minimum atomic E-state index is -4.65. The van der Waals surface area contributed by atoms with E-state index in [0.29, 0.717) is 24.5 Å². The molecule has 0 saturated carbocycles. The van der Waals surface area contributed by atoms with E-state index in [1.54, 1.807) is 6.07 Å². The predicted octanol–water partition coefficient (Wildman–Crippen LogP) is 4.84. The van der Waals surface area contributed by atoms with E-state index in [2.05, 4.69) is 4.74 Å². The average Bonchev–Trinajstić information content (AvgIpc) is 2.78. The summed E-state index contributed by atoms with van der Waals surface area (Å²) in [5.41, 5.74) is -0.851. The number of alkyl halides is 5.